The molecule has 1 amide bonds. The van der Waals surface area contributed by atoms with Crippen LogP contribution in [0.15, 0.2) is 66.2 Å². The third-order valence-electron chi connectivity index (χ3n) is 4.07. The molecule has 0 radical (unpaired) electrons. The van der Waals surface area contributed by atoms with Gasteiger partial charge in [0.2, 0.25) is 0 Å². The zero-order chi connectivity index (χ0) is 17.1. The summed E-state index contributed by atoms with van der Waals surface area (Å²) in [6, 6.07) is 17.3. The van der Waals surface area contributed by atoms with E-state index in [0.717, 1.165) is 5.56 Å². The van der Waals surface area contributed by atoms with Crippen molar-refractivity contribution in [2.24, 2.45) is 5.73 Å². The van der Waals surface area contributed by atoms with Crippen LogP contribution in [0.25, 0.3) is 5.76 Å². The first kappa shape index (κ1) is 16.0. The minimum atomic E-state index is -0.682. The minimum absolute atomic E-state index is 0.103. The highest BCUT2D eigenvalue weighted by Crippen LogP contribution is 2.38. The molecule has 2 aromatic carbocycles. The van der Waals surface area contributed by atoms with Gasteiger partial charge >= 0.3 is 0 Å². The van der Waals surface area contributed by atoms with Crippen LogP contribution >= 0.6 is 0 Å². The van der Waals surface area contributed by atoms with E-state index in [1.807, 2.05) is 36.4 Å². The Kier molecular flexibility index (Phi) is 4.44. The number of hydrogen-bond acceptors (Lipinski definition) is 4. The van der Waals surface area contributed by atoms with Crippen molar-refractivity contribution in [1.82, 2.24) is 4.90 Å². The van der Waals surface area contributed by atoms with Crippen molar-refractivity contribution in [3.05, 3.63) is 77.4 Å². The van der Waals surface area contributed by atoms with Crippen molar-refractivity contribution in [2.45, 2.75) is 6.04 Å². The summed E-state index contributed by atoms with van der Waals surface area (Å²) in [6.45, 7) is 0.484. The van der Waals surface area contributed by atoms with Crippen LogP contribution in [0.1, 0.15) is 17.2 Å². The Labute approximate surface area is 140 Å². The number of nitrogens with two attached hydrogens (primary N) is 1. The van der Waals surface area contributed by atoms with Crippen LogP contribution in [0, 0.1) is 0 Å². The molecule has 24 heavy (non-hydrogen) atoms. The number of aliphatic hydroxyl groups excluding tert-OH is 1. The molecule has 5 nitrogen and oxygen atoms in total. The molecule has 1 heterocycles. The second-order valence-corrected chi connectivity index (χ2v) is 5.56. The highest BCUT2D eigenvalue weighted by Gasteiger charge is 2.45. The van der Waals surface area contributed by atoms with Crippen LogP contribution in [0.5, 0.6) is 0 Å². The van der Waals surface area contributed by atoms with Crippen LogP contribution in [-0.4, -0.2) is 34.8 Å². The molecule has 3 rings (SSSR count). The largest absolute Gasteiger partial charge is 0.507 e. The number of likely N-dealkylation sites (tertiary alicyclic amines) is 1. The Morgan fingerprint density at radius 2 is 1.58 bits per heavy atom. The number of carbonyl (C=O) groups is 2. The van der Waals surface area contributed by atoms with Crippen molar-refractivity contribution in [1.29, 1.82) is 0 Å². The molecule has 1 aliphatic rings. The molecule has 0 spiro atoms. The minimum Gasteiger partial charge on any atom is -0.507 e. The fourth-order valence-electron chi connectivity index (χ4n) is 2.98. The Balaban J connectivity index is 2.18. The first-order valence-electron chi connectivity index (χ1n) is 7.74. The summed E-state index contributed by atoms with van der Waals surface area (Å²) in [4.78, 5) is 26.4. The Bertz CT molecular complexity index is 785. The highest BCUT2D eigenvalue weighted by molar-refractivity contribution is 6.46. The van der Waals surface area contributed by atoms with Gasteiger partial charge in [-0.15, -0.1) is 0 Å². The Morgan fingerprint density at radius 3 is 2.17 bits per heavy atom. The van der Waals surface area contributed by atoms with Crippen molar-refractivity contribution in [3.8, 4) is 0 Å². The van der Waals surface area contributed by atoms with E-state index >= 15 is 0 Å². The van der Waals surface area contributed by atoms with E-state index in [1.165, 1.54) is 4.90 Å². The lowest BCUT2D eigenvalue weighted by Crippen LogP contribution is -2.34. The van der Waals surface area contributed by atoms with Crippen LogP contribution in [0.2, 0.25) is 0 Å². The number of nitrogens with zero attached hydrogens (tertiary/aromatic N) is 1. The average molecular weight is 322 g/mol. The molecule has 1 fully saturated rings. The number of amides is 1. The van der Waals surface area contributed by atoms with E-state index in [9.17, 15) is 14.7 Å². The molecular formula is C19H18N2O3. The van der Waals surface area contributed by atoms with Gasteiger partial charge in [-0.3, -0.25) is 9.59 Å². The van der Waals surface area contributed by atoms with Crippen LogP contribution < -0.4 is 5.73 Å². The van der Waals surface area contributed by atoms with Gasteiger partial charge in [0.1, 0.15) is 5.76 Å². The number of ketones is 1. The third kappa shape index (κ3) is 2.70. The van der Waals surface area contributed by atoms with Gasteiger partial charge in [0, 0.05) is 18.7 Å². The van der Waals surface area contributed by atoms with Crippen LogP contribution in [0.3, 0.4) is 0 Å². The molecule has 0 saturated carbocycles. The van der Waals surface area contributed by atoms with Gasteiger partial charge in [0.05, 0.1) is 11.6 Å². The quantitative estimate of drug-likeness (QED) is 0.513. The molecule has 1 atom stereocenters. The Morgan fingerprint density at radius 1 is 1.00 bits per heavy atom. The fraction of sp³-hybridized carbons (Fsp3) is 0.158. The summed E-state index contributed by atoms with van der Waals surface area (Å²) >= 11 is 0. The van der Waals surface area contributed by atoms with E-state index in [2.05, 4.69) is 0 Å². The topological polar surface area (TPSA) is 83.6 Å². The lowest BCUT2D eigenvalue weighted by atomic mass is 9.95. The first-order valence-corrected chi connectivity index (χ1v) is 7.74. The number of carbonyl (C=O) groups excluding carboxylic acids is 2. The smallest absolute Gasteiger partial charge is 0.295 e. The summed E-state index contributed by atoms with van der Waals surface area (Å²) in [7, 11) is 0. The van der Waals surface area contributed by atoms with Gasteiger partial charge in [0.25, 0.3) is 11.7 Å². The summed E-state index contributed by atoms with van der Waals surface area (Å²) in [6.07, 6.45) is 0. The number of benzene rings is 2. The lowest BCUT2D eigenvalue weighted by molar-refractivity contribution is -0.139. The normalized spacial score (nSPS) is 19.7. The average Bonchev–Trinajstić information content (AvgIpc) is 2.88. The van der Waals surface area contributed by atoms with Crippen molar-refractivity contribution in [2.75, 3.05) is 13.1 Å². The molecule has 1 aliphatic heterocycles. The summed E-state index contributed by atoms with van der Waals surface area (Å²) in [5, 5.41) is 10.7. The van der Waals surface area contributed by atoms with Gasteiger partial charge in [0.15, 0.2) is 0 Å². The molecule has 2 aromatic rings. The van der Waals surface area contributed by atoms with E-state index < -0.39 is 17.7 Å². The maximum Gasteiger partial charge on any atom is 0.295 e. The number of hydrogen-bond donors (Lipinski definition) is 2. The van der Waals surface area contributed by atoms with Gasteiger partial charge in [-0.1, -0.05) is 60.7 Å². The standard InChI is InChI=1S/C19H18N2O3/c20-11-12-21-16(13-7-3-1-4-8-13)15(18(23)19(21)24)17(22)14-9-5-2-6-10-14/h1-10,16,22H,11-12,20H2/t16-/m0/s1. The van der Waals surface area contributed by atoms with E-state index in [1.54, 1.807) is 24.3 Å². The molecule has 0 unspecified atom stereocenters. The van der Waals surface area contributed by atoms with Gasteiger partial charge in [-0.2, -0.15) is 0 Å². The maximum atomic E-state index is 12.5. The number of Topliss-reactive ketones (excluding diaryl/α,β-unsaturated/α-hetero) is 1. The predicted molar refractivity (Wildman–Crippen MR) is 90.9 cm³/mol. The maximum absolute atomic E-state index is 12.5. The second kappa shape index (κ2) is 6.68. The fourth-order valence-corrected chi connectivity index (χ4v) is 2.98. The number of aliphatic hydroxyl groups is 1. The van der Waals surface area contributed by atoms with Gasteiger partial charge in [-0.25, -0.2) is 0 Å². The SMILES string of the molecule is NCCN1C(=O)C(=O)C(=C(O)c2ccccc2)[C@@H]1c1ccccc1. The molecular weight excluding hydrogens is 304 g/mol. The molecule has 122 valence electrons. The molecule has 1 saturated heterocycles. The molecule has 0 bridgehead atoms. The van der Waals surface area contributed by atoms with Crippen LogP contribution in [-0.2, 0) is 9.59 Å². The van der Waals surface area contributed by atoms with E-state index in [4.69, 9.17) is 5.73 Å². The van der Waals surface area contributed by atoms with Crippen molar-refractivity contribution >= 4 is 17.4 Å². The molecule has 0 aliphatic carbocycles. The van der Waals surface area contributed by atoms with Crippen molar-refractivity contribution in [3.63, 3.8) is 0 Å². The highest BCUT2D eigenvalue weighted by atomic mass is 16.3. The summed E-state index contributed by atoms with van der Waals surface area (Å²) < 4.78 is 0. The molecule has 0 aromatic heterocycles. The second-order valence-electron chi connectivity index (χ2n) is 5.56. The van der Waals surface area contributed by atoms with E-state index in [0.29, 0.717) is 5.56 Å². The van der Waals surface area contributed by atoms with Crippen molar-refractivity contribution < 1.29 is 14.7 Å². The zero-order valence-corrected chi connectivity index (χ0v) is 13.1. The van der Waals surface area contributed by atoms with E-state index in [-0.39, 0.29) is 24.4 Å². The zero-order valence-electron chi connectivity index (χ0n) is 13.1. The third-order valence-corrected chi connectivity index (χ3v) is 4.07. The van der Waals surface area contributed by atoms with Gasteiger partial charge < -0.3 is 15.7 Å². The monoisotopic (exact) mass is 322 g/mol. The molecule has 5 heteroatoms. The van der Waals surface area contributed by atoms with Gasteiger partial charge in [-0.05, 0) is 5.56 Å². The number of rotatable bonds is 4. The predicted octanol–water partition coefficient (Wildman–Crippen LogP) is 2.07. The Hall–Kier alpha value is -2.92. The summed E-state index contributed by atoms with van der Waals surface area (Å²) in [5.41, 5.74) is 6.98. The lowest BCUT2D eigenvalue weighted by Gasteiger charge is -2.24. The molecule has 3 N–H and O–H groups in total. The first-order chi connectivity index (χ1) is 11.6. The van der Waals surface area contributed by atoms with Crippen LogP contribution in [0.4, 0.5) is 0 Å². The summed E-state index contributed by atoms with van der Waals surface area (Å²) in [5.74, 6) is -1.48.